The standard InChI is InChI=1S/C13H19ClN2O/c1-9(2)7-10(3)16(4)13(17)11-5-6-15-12(14)8-11/h5-6,8-10H,7H2,1-4H3. The molecule has 0 radical (unpaired) electrons. The van der Waals surface area contributed by atoms with Crippen LogP contribution in [-0.2, 0) is 0 Å². The Bertz CT molecular complexity index is 393. The van der Waals surface area contributed by atoms with Gasteiger partial charge in [0.1, 0.15) is 5.15 Å². The van der Waals surface area contributed by atoms with Gasteiger partial charge in [0.25, 0.3) is 5.91 Å². The third kappa shape index (κ3) is 4.00. The average Bonchev–Trinajstić information content (AvgIpc) is 2.26. The van der Waals surface area contributed by atoms with Crippen LogP contribution in [0, 0.1) is 5.92 Å². The Morgan fingerprint density at radius 1 is 1.47 bits per heavy atom. The molecule has 1 unspecified atom stereocenters. The number of nitrogens with zero attached hydrogens (tertiary/aromatic N) is 2. The molecule has 0 aliphatic carbocycles. The van der Waals surface area contributed by atoms with Gasteiger partial charge in [0, 0.05) is 24.8 Å². The molecule has 0 aromatic carbocycles. The van der Waals surface area contributed by atoms with Crippen molar-refractivity contribution in [3.8, 4) is 0 Å². The zero-order valence-corrected chi connectivity index (χ0v) is 11.5. The van der Waals surface area contributed by atoms with Gasteiger partial charge in [0.2, 0.25) is 0 Å². The number of amides is 1. The van der Waals surface area contributed by atoms with Gasteiger partial charge in [-0.1, -0.05) is 25.4 Å². The SMILES string of the molecule is CC(C)CC(C)N(C)C(=O)c1ccnc(Cl)c1. The van der Waals surface area contributed by atoms with Crippen LogP contribution in [0.4, 0.5) is 0 Å². The number of halogens is 1. The van der Waals surface area contributed by atoms with E-state index in [-0.39, 0.29) is 11.9 Å². The van der Waals surface area contributed by atoms with Crippen LogP contribution in [0.15, 0.2) is 18.3 Å². The molecule has 94 valence electrons. The quantitative estimate of drug-likeness (QED) is 0.773. The first-order chi connectivity index (χ1) is 7.91. The van der Waals surface area contributed by atoms with Crippen LogP contribution < -0.4 is 0 Å². The molecule has 4 heteroatoms. The molecule has 0 fully saturated rings. The summed E-state index contributed by atoms with van der Waals surface area (Å²) in [5, 5.41) is 0.348. The second-order valence-electron chi connectivity index (χ2n) is 4.76. The Hall–Kier alpha value is -1.09. The molecule has 0 saturated heterocycles. The lowest BCUT2D eigenvalue weighted by molar-refractivity contribution is 0.0728. The Labute approximate surface area is 108 Å². The van der Waals surface area contributed by atoms with Crippen LogP contribution in [-0.4, -0.2) is 28.9 Å². The van der Waals surface area contributed by atoms with E-state index in [0.29, 0.717) is 16.6 Å². The van der Waals surface area contributed by atoms with Gasteiger partial charge in [-0.3, -0.25) is 4.79 Å². The highest BCUT2D eigenvalue weighted by molar-refractivity contribution is 6.29. The summed E-state index contributed by atoms with van der Waals surface area (Å²) in [4.78, 5) is 17.8. The van der Waals surface area contributed by atoms with E-state index in [1.807, 2.05) is 7.05 Å². The second-order valence-corrected chi connectivity index (χ2v) is 5.15. The maximum absolute atomic E-state index is 12.2. The van der Waals surface area contributed by atoms with Crippen LogP contribution in [0.5, 0.6) is 0 Å². The van der Waals surface area contributed by atoms with E-state index < -0.39 is 0 Å². The molecule has 17 heavy (non-hydrogen) atoms. The van der Waals surface area contributed by atoms with Gasteiger partial charge < -0.3 is 4.90 Å². The Morgan fingerprint density at radius 2 is 2.12 bits per heavy atom. The molecule has 0 spiro atoms. The van der Waals surface area contributed by atoms with Crippen molar-refractivity contribution < 1.29 is 4.79 Å². The summed E-state index contributed by atoms with van der Waals surface area (Å²) >= 11 is 5.78. The van der Waals surface area contributed by atoms with E-state index in [9.17, 15) is 4.79 Å². The lowest BCUT2D eigenvalue weighted by Crippen LogP contribution is -2.35. The van der Waals surface area contributed by atoms with Crippen molar-refractivity contribution >= 4 is 17.5 Å². The van der Waals surface area contributed by atoms with Gasteiger partial charge in [-0.05, 0) is 31.4 Å². The van der Waals surface area contributed by atoms with Crippen molar-refractivity contribution in [2.45, 2.75) is 33.2 Å². The minimum absolute atomic E-state index is 0.0116. The lowest BCUT2D eigenvalue weighted by Gasteiger charge is -2.26. The second kappa shape index (κ2) is 6.01. The van der Waals surface area contributed by atoms with E-state index in [1.165, 1.54) is 0 Å². The van der Waals surface area contributed by atoms with Gasteiger partial charge in [-0.25, -0.2) is 4.98 Å². The number of pyridine rings is 1. The zero-order valence-electron chi connectivity index (χ0n) is 10.8. The summed E-state index contributed by atoms with van der Waals surface area (Å²) in [5.41, 5.74) is 0.586. The predicted molar refractivity (Wildman–Crippen MR) is 70.3 cm³/mol. The van der Waals surface area contributed by atoms with Crippen LogP contribution in [0.1, 0.15) is 37.6 Å². The topological polar surface area (TPSA) is 33.2 Å². The molecule has 0 bridgehead atoms. The first-order valence-electron chi connectivity index (χ1n) is 5.80. The molecule has 0 saturated carbocycles. The Kier molecular flexibility index (Phi) is 4.94. The fourth-order valence-corrected chi connectivity index (χ4v) is 1.95. The van der Waals surface area contributed by atoms with Crippen molar-refractivity contribution in [2.24, 2.45) is 5.92 Å². The Balaban J connectivity index is 2.76. The smallest absolute Gasteiger partial charge is 0.253 e. The lowest BCUT2D eigenvalue weighted by atomic mass is 10.0. The van der Waals surface area contributed by atoms with Crippen LogP contribution >= 0.6 is 11.6 Å². The molecule has 1 rings (SSSR count). The highest BCUT2D eigenvalue weighted by Gasteiger charge is 2.18. The largest absolute Gasteiger partial charge is 0.339 e. The van der Waals surface area contributed by atoms with E-state index >= 15 is 0 Å². The fraction of sp³-hybridized carbons (Fsp3) is 0.538. The summed E-state index contributed by atoms with van der Waals surface area (Å²) in [6, 6.07) is 3.50. The molecular formula is C13H19ClN2O. The maximum Gasteiger partial charge on any atom is 0.253 e. The summed E-state index contributed by atoms with van der Waals surface area (Å²) in [7, 11) is 1.82. The van der Waals surface area contributed by atoms with Crippen molar-refractivity contribution in [1.29, 1.82) is 0 Å². The summed E-state index contributed by atoms with van der Waals surface area (Å²) in [6.07, 6.45) is 2.54. The first kappa shape index (κ1) is 14.0. The summed E-state index contributed by atoms with van der Waals surface area (Å²) < 4.78 is 0. The molecule has 1 heterocycles. The van der Waals surface area contributed by atoms with E-state index in [2.05, 4.69) is 25.8 Å². The molecule has 3 nitrogen and oxygen atoms in total. The van der Waals surface area contributed by atoms with Gasteiger partial charge in [0.15, 0.2) is 0 Å². The van der Waals surface area contributed by atoms with Gasteiger partial charge in [-0.15, -0.1) is 0 Å². The third-order valence-electron chi connectivity index (χ3n) is 2.77. The normalized spacial score (nSPS) is 12.6. The molecule has 1 aromatic rings. The van der Waals surface area contributed by atoms with E-state index in [0.717, 1.165) is 6.42 Å². The van der Waals surface area contributed by atoms with Crippen molar-refractivity contribution in [1.82, 2.24) is 9.88 Å². The Morgan fingerprint density at radius 3 is 2.65 bits per heavy atom. The molecule has 1 amide bonds. The average molecular weight is 255 g/mol. The third-order valence-corrected chi connectivity index (χ3v) is 2.97. The number of aromatic nitrogens is 1. The molecular weight excluding hydrogens is 236 g/mol. The maximum atomic E-state index is 12.2. The minimum atomic E-state index is -0.0116. The number of hydrogen-bond donors (Lipinski definition) is 0. The van der Waals surface area contributed by atoms with E-state index in [1.54, 1.807) is 23.2 Å². The highest BCUT2D eigenvalue weighted by atomic mass is 35.5. The number of carbonyl (C=O) groups excluding carboxylic acids is 1. The minimum Gasteiger partial charge on any atom is -0.339 e. The van der Waals surface area contributed by atoms with Gasteiger partial charge in [-0.2, -0.15) is 0 Å². The predicted octanol–water partition coefficient (Wildman–Crippen LogP) is 3.24. The number of hydrogen-bond acceptors (Lipinski definition) is 2. The molecule has 1 atom stereocenters. The fourth-order valence-electron chi connectivity index (χ4n) is 1.78. The van der Waals surface area contributed by atoms with Crippen LogP contribution in [0.2, 0.25) is 5.15 Å². The summed E-state index contributed by atoms with van der Waals surface area (Å²) in [5.74, 6) is 0.559. The van der Waals surface area contributed by atoms with Crippen molar-refractivity contribution in [2.75, 3.05) is 7.05 Å². The summed E-state index contributed by atoms with van der Waals surface area (Å²) in [6.45, 7) is 6.36. The van der Waals surface area contributed by atoms with Gasteiger partial charge in [0.05, 0.1) is 0 Å². The molecule has 0 aliphatic rings. The van der Waals surface area contributed by atoms with Crippen molar-refractivity contribution in [3.63, 3.8) is 0 Å². The van der Waals surface area contributed by atoms with Crippen LogP contribution in [0.25, 0.3) is 0 Å². The highest BCUT2D eigenvalue weighted by Crippen LogP contribution is 2.14. The monoisotopic (exact) mass is 254 g/mol. The molecule has 0 aliphatic heterocycles. The molecule has 1 aromatic heterocycles. The number of carbonyl (C=O) groups is 1. The number of rotatable bonds is 4. The first-order valence-corrected chi connectivity index (χ1v) is 6.18. The van der Waals surface area contributed by atoms with Crippen LogP contribution in [0.3, 0.4) is 0 Å². The molecule has 0 N–H and O–H groups in total. The van der Waals surface area contributed by atoms with Gasteiger partial charge >= 0.3 is 0 Å². The zero-order chi connectivity index (χ0) is 13.0. The van der Waals surface area contributed by atoms with E-state index in [4.69, 9.17) is 11.6 Å². The van der Waals surface area contributed by atoms with Crippen molar-refractivity contribution in [3.05, 3.63) is 29.0 Å².